The zero-order chi connectivity index (χ0) is 14.4. The highest BCUT2D eigenvalue weighted by atomic mass is 16.6. The van der Waals surface area contributed by atoms with Crippen molar-refractivity contribution >= 4 is 5.69 Å². The number of nitriles is 1. The Bertz CT molecular complexity index is 634. The number of ether oxygens (including phenoxy) is 1. The molecule has 1 aromatic carbocycles. The van der Waals surface area contributed by atoms with E-state index in [0.29, 0.717) is 30.9 Å². The van der Waals surface area contributed by atoms with Crippen LogP contribution in [0, 0.1) is 21.4 Å². The fraction of sp³-hybridized carbons (Fsp3) is 0.273. The van der Waals surface area contributed by atoms with E-state index in [1.165, 1.54) is 29.2 Å². The smallest absolute Gasteiger partial charge is 0.271 e. The third-order valence-electron chi connectivity index (χ3n) is 2.44. The van der Waals surface area contributed by atoms with Crippen molar-refractivity contribution in [3.05, 3.63) is 34.6 Å². The van der Waals surface area contributed by atoms with Crippen LogP contribution in [0.2, 0.25) is 0 Å². The molecule has 0 fully saturated rings. The van der Waals surface area contributed by atoms with Crippen LogP contribution in [0.3, 0.4) is 0 Å². The first-order valence-electron chi connectivity index (χ1n) is 5.74. The minimum atomic E-state index is -0.507. The van der Waals surface area contributed by atoms with Crippen molar-refractivity contribution in [3.8, 4) is 17.5 Å². The van der Waals surface area contributed by atoms with Gasteiger partial charge in [0, 0.05) is 18.6 Å². The number of unbranched alkanes of at least 4 members (excludes halogenated alkanes) is 1. The molecule has 0 spiro atoms. The number of tetrazole rings is 1. The molecule has 0 unspecified atom stereocenters. The number of rotatable bonds is 6. The van der Waals surface area contributed by atoms with Gasteiger partial charge < -0.3 is 4.74 Å². The van der Waals surface area contributed by atoms with E-state index in [9.17, 15) is 10.1 Å². The quantitative estimate of drug-likeness (QED) is 0.441. The fourth-order valence-electron chi connectivity index (χ4n) is 1.53. The van der Waals surface area contributed by atoms with E-state index < -0.39 is 4.92 Å². The average Bonchev–Trinajstić information content (AvgIpc) is 2.97. The molecule has 2 rings (SSSR count). The first-order valence-corrected chi connectivity index (χ1v) is 5.74. The summed E-state index contributed by atoms with van der Waals surface area (Å²) in [6, 6.07) is 6.17. The molecule has 2 aromatic rings. The molecule has 0 aliphatic rings. The van der Waals surface area contributed by atoms with Gasteiger partial charge in [-0.1, -0.05) is 0 Å². The molecule has 0 radical (unpaired) electrons. The summed E-state index contributed by atoms with van der Waals surface area (Å²) in [7, 11) is 0. The largest absolute Gasteiger partial charge is 0.491 e. The number of aromatic nitrogens is 4. The SMILES string of the molecule is N#CCCCOc1ccc([N+](=O)[O-])cc1-n1cnnn1. The van der Waals surface area contributed by atoms with Gasteiger partial charge in [0.25, 0.3) is 5.69 Å². The Morgan fingerprint density at radius 1 is 1.50 bits per heavy atom. The maximum absolute atomic E-state index is 10.8. The van der Waals surface area contributed by atoms with Crippen molar-refractivity contribution in [2.24, 2.45) is 0 Å². The summed E-state index contributed by atoms with van der Waals surface area (Å²) in [5.41, 5.74) is 0.293. The molecule has 0 atom stereocenters. The van der Waals surface area contributed by atoms with Crippen LogP contribution in [-0.4, -0.2) is 31.7 Å². The topological polar surface area (TPSA) is 120 Å². The molecule has 1 heterocycles. The average molecular weight is 274 g/mol. The predicted octanol–water partition coefficient (Wildman–Crippen LogP) is 1.25. The van der Waals surface area contributed by atoms with E-state index >= 15 is 0 Å². The van der Waals surface area contributed by atoms with Gasteiger partial charge in [0.15, 0.2) is 0 Å². The molecule has 0 aliphatic carbocycles. The number of hydrogen-bond acceptors (Lipinski definition) is 7. The number of nitro benzene ring substituents is 1. The number of hydrogen-bond donors (Lipinski definition) is 0. The zero-order valence-electron chi connectivity index (χ0n) is 10.3. The summed E-state index contributed by atoms with van der Waals surface area (Å²) in [5, 5.41) is 29.9. The van der Waals surface area contributed by atoms with E-state index in [1.54, 1.807) is 0 Å². The molecule has 0 aliphatic heterocycles. The van der Waals surface area contributed by atoms with Gasteiger partial charge >= 0.3 is 0 Å². The second-order valence-electron chi connectivity index (χ2n) is 3.77. The lowest BCUT2D eigenvalue weighted by Crippen LogP contribution is -2.04. The molecule has 0 bridgehead atoms. The number of benzene rings is 1. The van der Waals surface area contributed by atoms with Crippen LogP contribution in [0.4, 0.5) is 5.69 Å². The Morgan fingerprint density at radius 3 is 3.00 bits per heavy atom. The van der Waals surface area contributed by atoms with Crippen LogP contribution < -0.4 is 4.74 Å². The van der Waals surface area contributed by atoms with Gasteiger partial charge in [0.1, 0.15) is 17.8 Å². The van der Waals surface area contributed by atoms with Crippen LogP contribution in [0.5, 0.6) is 5.75 Å². The van der Waals surface area contributed by atoms with Gasteiger partial charge in [-0.3, -0.25) is 10.1 Å². The lowest BCUT2D eigenvalue weighted by Gasteiger charge is -2.09. The third-order valence-corrected chi connectivity index (χ3v) is 2.44. The Hall–Kier alpha value is -3.02. The number of nitro groups is 1. The standard InChI is InChI=1S/C11H10N6O3/c12-5-1-2-6-20-11-4-3-9(17(18)19)7-10(11)16-8-13-14-15-16/h3-4,7-8H,1-2,6H2. The van der Waals surface area contributed by atoms with Gasteiger partial charge in [-0.2, -0.15) is 9.94 Å². The molecule has 0 amide bonds. The van der Waals surface area contributed by atoms with Crippen LogP contribution in [0.25, 0.3) is 5.69 Å². The van der Waals surface area contributed by atoms with Gasteiger partial charge in [-0.05, 0) is 22.9 Å². The van der Waals surface area contributed by atoms with Crippen molar-refractivity contribution in [3.63, 3.8) is 0 Å². The molecule has 0 saturated heterocycles. The second kappa shape index (κ2) is 6.24. The first kappa shape index (κ1) is 13.4. The lowest BCUT2D eigenvalue weighted by molar-refractivity contribution is -0.384. The molecule has 0 N–H and O–H groups in total. The Labute approximate surface area is 113 Å². The second-order valence-corrected chi connectivity index (χ2v) is 3.77. The van der Waals surface area contributed by atoms with Gasteiger partial charge in [0.2, 0.25) is 0 Å². The maximum Gasteiger partial charge on any atom is 0.271 e. The van der Waals surface area contributed by atoms with Gasteiger partial charge in [0.05, 0.1) is 17.6 Å². The fourth-order valence-corrected chi connectivity index (χ4v) is 1.53. The summed E-state index contributed by atoms with van der Waals surface area (Å²) in [6.45, 7) is 0.334. The monoisotopic (exact) mass is 274 g/mol. The van der Waals surface area contributed by atoms with Crippen molar-refractivity contribution in [1.29, 1.82) is 5.26 Å². The minimum Gasteiger partial charge on any atom is -0.491 e. The molecular formula is C11H10N6O3. The van der Waals surface area contributed by atoms with Gasteiger partial charge in [-0.25, -0.2) is 0 Å². The van der Waals surface area contributed by atoms with E-state index in [-0.39, 0.29) is 5.69 Å². The highest BCUT2D eigenvalue weighted by molar-refractivity contribution is 5.52. The molecule has 102 valence electrons. The van der Waals surface area contributed by atoms with Crippen molar-refractivity contribution < 1.29 is 9.66 Å². The number of non-ortho nitro benzene ring substituents is 1. The highest BCUT2D eigenvalue weighted by Gasteiger charge is 2.14. The number of nitrogens with zero attached hydrogens (tertiary/aromatic N) is 6. The summed E-state index contributed by atoms with van der Waals surface area (Å²) in [5.74, 6) is 0.417. The summed E-state index contributed by atoms with van der Waals surface area (Å²) in [4.78, 5) is 10.3. The van der Waals surface area contributed by atoms with Gasteiger partial charge in [-0.15, -0.1) is 5.10 Å². The van der Waals surface area contributed by atoms with Crippen LogP contribution >= 0.6 is 0 Å². The highest BCUT2D eigenvalue weighted by Crippen LogP contribution is 2.27. The first-order chi connectivity index (χ1) is 9.72. The summed E-state index contributed by atoms with van der Waals surface area (Å²) in [6.07, 6.45) is 2.27. The third kappa shape index (κ3) is 3.05. The maximum atomic E-state index is 10.8. The normalized spacial score (nSPS) is 9.95. The van der Waals surface area contributed by atoms with Crippen molar-refractivity contribution in [2.75, 3.05) is 6.61 Å². The van der Waals surface area contributed by atoms with E-state index in [2.05, 4.69) is 15.5 Å². The molecule has 0 saturated carbocycles. The molecule has 9 nitrogen and oxygen atoms in total. The van der Waals surface area contributed by atoms with E-state index in [0.717, 1.165) is 0 Å². The molecule has 9 heteroatoms. The Morgan fingerprint density at radius 2 is 2.35 bits per heavy atom. The van der Waals surface area contributed by atoms with Crippen molar-refractivity contribution in [1.82, 2.24) is 20.2 Å². The summed E-state index contributed by atoms with van der Waals surface area (Å²) < 4.78 is 6.79. The predicted molar refractivity (Wildman–Crippen MR) is 66.2 cm³/mol. The molecule has 1 aromatic heterocycles. The van der Waals surface area contributed by atoms with Crippen LogP contribution in [0.1, 0.15) is 12.8 Å². The molecule has 20 heavy (non-hydrogen) atoms. The summed E-state index contributed by atoms with van der Waals surface area (Å²) >= 11 is 0. The van der Waals surface area contributed by atoms with E-state index in [1.807, 2.05) is 6.07 Å². The van der Waals surface area contributed by atoms with E-state index in [4.69, 9.17) is 10.00 Å². The Kier molecular flexibility index (Phi) is 4.18. The Balaban J connectivity index is 2.26. The van der Waals surface area contributed by atoms with Crippen LogP contribution in [0.15, 0.2) is 24.5 Å². The van der Waals surface area contributed by atoms with Crippen LogP contribution in [-0.2, 0) is 0 Å². The zero-order valence-corrected chi connectivity index (χ0v) is 10.3. The molecular weight excluding hydrogens is 264 g/mol. The minimum absolute atomic E-state index is 0.0834. The lowest BCUT2D eigenvalue weighted by atomic mass is 10.2. The van der Waals surface area contributed by atoms with Crippen molar-refractivity contribution in [2.45, 2.75) is 12.8 Å².